The lowest BCUT2D eigenvalue weighted by Gasteiger charge is -2.44. The van der Waals surface area contributed by atoms with E-state index in [1.165, 1.54) is 38.5 Å². The number of aromatic nitrogens is 2. The van der Waals surface area contributed by atoms with Crippen LogP contribution in [0.15, 0.2) is 109 Å². The van der Waals surface area contributed by atoms with Gasteiger partial charge in [-0.05, 0) is 47.2 Å². The Hall–Kier alpha value is -5.14. The second-order valence-electron chi connectivity index (χ2n) is 15.4. The zero-order valence-electron chi connectivity index (χ0n) is 32.3. The molecule has 7 nitrogen and oxygen atoms in total. The van der Waals surface area contributed by atoms with E-state index in [2.05, 4.69) is 124 Å². The highest BCUT2D eigenvalue weighted by Crippen LogP contribution is 2.49. The number of carbonyl (C=O) groups is 2. The van der Waals surface area contributed by atoms with Crippen LogP contribution in [0.25, 0.3) is 21.8 Å². The summed E-state index contributed by atoms with van der Waals surface area (Å²) >= 11 is 0. The van der Waals surface area contributed by atoms with Gasteiger partial charge in [-0.1, -0.05) is 100 Å². The minimum absolute atomic E-state index is 0.0105. The Morgan fingerprint density at radius 3 is 1.51 bits per heavy atom. The summed E-state index contributed by atoms with van der Waals surface area (Å²) in [6.45, 7) is 10.1. The Balaban J connectivity index is 0.000000165. The Bertz CT molecular complexity index is 2280. The molecule has 8 rings (SSSR count). The predicted octanol–water partition coefficient (Wildman–Crippen LogP) is 9.51. The zero-order valence-corrected chi connectivity index (χ0v) is 32.3. The number of ether oxygens (including phenoxy) is 1. The molecule has 7 heteroatoms. The number of aryl methyl sites for hydroxylation is 2. The molecule has 4 heterocycles. The number of rotatable bonds is 7. The summed E-state index contributed by atoms with van der Waals surface area (Å²) in [6, 6.07) is 33.1. The number of carbonyl (C=O) groups excluding carboxylic acids is 2. The average molecular weight is 709 g/mol. The lowest BCUT2D eigenvalue weighted by molar-refractivity contribution is 0.0494. The van der Waals surface area contributed by atoms with Crippen molar-refractivity contribution in [2.75, 3.05) is 27.3 Å². The molecule has 2 aliphatic rings. The van der Waals surface area contributed by atoms with Crippen molar-refractivity contribution in [1.82, 2.24) is 18.9 Å². The van der Waals surface area contributed by atoms with Crippen molar-refractivity contribution in [2.45, 2.75) is 51.6 Å². The molecule has 4 atom stereocenters. The normalized spacial score (nSPS) is 19.9. The zero-order chi connectivity index (χ0) is 37.6. The van der Waals surface area contributed by atoms with Crippen molar-refractivity contribution in [3.63, 3.8) is 0 Å². The lowest BCUT2D eigenvalue weighted by atomic mass is 9.74. The van der Waals surface area contributed by atoms with E-state index in [4.69, 9.17) is 4.74 Å². The molecule has 0 radical (unpaired) electrons. The van der Waals surface area contributed by atoms with Gasteiger partial charge in [-0.25, -0.2) is 0 Å². The van der Waals surface area contributed by atoms with Crippen LogP contribution in [0.5, 0.6) is 0 Å². The van der Waals surface area contributed by atoms with Gasteiger partial charge in [0.25, 0.3) is 11.8 Å². The molecule has 2 aliphatic heterocycles. The molecular formula is C46H52N4O3. The summed E-state index contributed by atoms with van der Waals surface area (Å²) in [6.07, 6.45) is 4.40. The highest BCUT2D eigenvalue weighted by molar-refractivity contribution is 5.99. The lowest BCUT2D eigenvalue weighted by Crippen LogP contribution is -2.45. The van der Waals surface area contributed by atoms with E-state index in [1.807, 2.05) is 53.2 Å². The number of nitrogens with zero attached hydrogens (tertiary/aromatic N) is 4. The minimum atomic E-state index is -0.0105. The van der Waals surface area contributed by atoms with Crippen LogP contribution in [0.2, 0.25) is 0 Å². The maximum absolute atomic E-state index is 13.5. The van der Waals surface area contributed by atoms with E-state index < -0.39 is 0 Å². The predicted molar refractivity (Wildman–Crippen MR) is 214 cm³/mol. The van der Waals surface area contributed by atoms with Crippen molar-refractivity contribution in [2.24, 2.45) is 25.9 Å². The third-order valence-corrected chi connectivity index (χ3v) is 11.6. The fraction of sp³-hybridized carbons (Fsp3) is 0.348. The summed E-state index contributed by atoms with van der Waals surface area (Å²) in [7, 11) is 7.79. The van der Waals surface area contributed by atoms with E-state index >= 15 is 0 Å². The van der Waals surface area contributed by atoms with E-state index in [-0.39, 0.29) is 35.7 Å². The summed E-state index contributed by atoms with van der Waals surface area (Å²) in [5.74, 6) is 1.55. The standard InChI is InChI=1S/C24H28N2O2.C22H24N2O/c1-16(2)22-18-10-5-6-11-19(18)24(27)26(13-14-28-4)23(22)20-15-25(3)21-12-8-7-9-17(20)21;1-14(2)20-16-10-5-6-11-17(16)22(25)24(4)21(20)18-13-23(3)19-12-8-7-9-15(18)19/h5-12,15-16,22-23H,13-14H2,1-4H3;5-14,20-21H,1-4H3. The van der Waals surface area contributed by atoms with Crippen LogP contribution in [0.4, 0.5) is 0 Å². The number of amides is 2. The summed E-state index contributed by atoms with van der Waals surface area (Å²) in [4.78, 5) is 30.5. The summed E-state index contributed by atoms with van der Waals surface area (Å²) < 4.78 is 9.69. The van der Waals surface area contributed by atoms with E-state index in [0.717, 1.165) is 16.7 Å². The number of para-hydroxylation sites is 2. The van der Waals surface area contributed by atoms with Gasteiger partial charge in [0.15, 0.2) is 0 Å². The number of hydrogen-bond donors (Lipinski definition) is 0. The molecule has 4 unspecified atom stereocenters. The van der Waals surface area contributed by atoms with Gasteiger partial charge in [0.1, 0.15) is 0 Å². The molecular weight excluding hydrogens is 657 g/mol. The van der Waals surface area contributed by atoms with Crippen LogP contribution in [-0.4, -0.2) is 58.1 Å². The van der Waals surface area contributed by atoms with Crippen molar-refractivity contribution < 1.29 is 14.3 Å². The first-order valence-corrected chi connectivity index (χ1v) is 18.9. The minimum Gasteiger partial charge on any atom is -0.383 e. The van der Waals surface area contributed by atoms with Gasteiger partial charge in [-0.2, -0.15) is 0 Å². The second kappa shape index (κ2) is 14.7. The number of fused-ring (bicyclic) bond motifs is 4. The maximum atomic E-state index is 13.5. The quantitative estimate of drug-likeness (QED) is 0.166. The number of hydrogen-bond acceptors (Lipinski definition) is 3. The van der Waals surface area contributed by atoms with Crippen LogP contribution >= 0.6 is 0 Å². The number of likely N-dealkylation sites (N-methyl/N-ethyl adjacent to an activating group) is 1. The number of benzene rings is 4. The van der Waals surface area contributed by atoms with Crippen LogP contribution in [0.1, 0.15) is 94.6 Å². The smallest absolute Gasteiger partial charge is 0.254 e. The second-order valence-corrected chi connectivity index (χ2v) is 15.4. The Morgan fingerprint density at radius 2 is 1.00 bits per heavy atom. The van der Waals surface area contributed by atoms with Gasteiger partial charge in [0, 0.05) is 103 Å². The molecule has 4 aromatic carbocycles. The summed E-state index contributed by atoms with van der Waals surface area (Å²) in [5.41, 5.74) is 8.87. The first-order valence-electron chi connectivity index (χ1n) is 18.9. The summed E-state index contributed by atoms with van der Waals surface area (Å²) in [5, 5.41) is 2.45. The molecule has 0 saturated heterocycles. The Morgan fingerprint density at radius 1 is 0.566 bits per heavy atom. The highest BCUT2D eigenvalue weighted by atomic mass is 16.5. The first-order chi connectivity index (χ1) is 25.5. The molecule has 0 N–H and O–H groups in total. The van der Waals surface area contributed by atoms with Crippen molar-refractivity contribution in [3.8, 4) is 0 Å². The van der Waals surface area contributed by atoms with Crippen LogP contribution < -0.4 is 0 Å². The fourth-order valence-electron chi connectivity index (χ4n) is 9.20. The topological polar surface area (TPSA) is 59.7 Å². The largest absolute Gasteiger partial charge is 0.383 e. The molecule has 0 aliphatic carbocycles. The Labute approximate surface area is 313 Å². The maximum Gasteiger partial charge on any atom is 0.254 e. The van der Waals surface area contributed by atoms with Crippen molar-refractivity contribution in [1.29, 1.82) is 0 Å². The molecule has 0 saturated carbocycles. The average Bonchev–Trinajstić information content (AvgIpc) is 3.68. The molecule has 2 aromatic heterocycles. The van der Waals surface area contributed by atoms with Crippen LogP contribution in [0.3, 0.4) is 0 Å². The first kappa shape index (κ1) is 36.2. The monoisotopic (exact) mass is 708 g/mol. The Kier molecular flexibility index (Phi) is 10.1. The van der Waals surface area contributed by atoms with Gasteiger partial charge in [0.05, 0.1) is 18.7 Å². The molecule has 0 bridgehead atoms. The third-order valence-electron chi connectivity index (χ3n) is 11.6. The van der Waals surface area contributed by atoms with Crippen LogP contribution in [0, 0.1) is 11.8 Å². The molecule has 53 heavy (non-hydrogen) atoms. The van der Waals surface area contributed by atoms with E-state index in [1.54, 1.807) is 7.11 Å². The van der Waals surface area contributed by atoms with Gasteiger partial charge >= 0.3 is 0 Å². The van der Waals surface area contributed by atoms with Crippen molar-refractivity contribution in [3.05, 3.63) is 143 Å². The molecule has 0 fully saturated rings. The fourth-order valence-corrected chi connectivity index (χ4v) is 9.20. The van der Waals surface area contributed by atoms with Crippen molar-refractivity contribution >= 4 is 33.6 Å². The van der Waals surface area contributed by atoms with E-state index in [9.17, 15) is 9.59 Å². The number of methoxy groups -OCH3 is 1. The molecule has 6 aromatic rings. The molecule has 274 valence electrons. The molecule has 2 amide bonds. The third kappa shape index (κ3) is 6.25. The van der Waals surface area contributed by atoms with Crippen LogP contribution in [-0.2, 0) is 18.8 Å². The molecule has 0 spiro atoms. The SMILES string of the molecule is CC(C)C1c2ccccc2C(=O)N(C)C1c1cn(C)c2ccccc12.COCCN1C(=O)c2ccccc2C(C(C)C)C1c1cn(C)c2ccccc12. The van der Waals surface area contributed by atoms with Gasteiger partial charge in [-0.15, -0.1) is 0 Å². The van der Waals surface area contributed by atoms with Gasteiger partial charge in [-0.3, -0.25) is 9.59 Å². The van der Waals surface area contributed by atoms with Gasteiger partial charge < -0.3 is 23.7 Å². The van der Waals surface area contributed by atoms with E-state index in [0.29, 0.717) is 25.0 Å². The van der Waals surface area contributed by atoms with Gasteiger partial charge in [0.2, 0.25) is 0 Å². The highest BCUT2D eigenvalue weighted by Gasteiger charge is 2.43.